The Labute approximate surface area is 132 Å². The Morgan fingerprint density at radius 3 is 2.43 bits per heavy atom. The van der Waals surface area contributed by atoms with E-state index in [1.54, 1.807) is 36.4 Å². The molecular weight excluding hydrogens is 354 g/mol. The Hall–Kier alpha value is -1.84. The summed E-state index contributed by atoms with van der Waals surface area (Å²) < 4.78 is 30.8. The van der Waals surface area contributed by atoms with Gasteiger partial charge in [-0.15, -0.1) is 0 Å². The molecule has 0 amide bonds. The fourth-order valence-corrected chi connectivity index (χ4v) is 3.93. The molecule has 6 heteroatoms. The molecule has 2 rings (SSSR count). The lowest BCUT2D eigenvalue weighted by Gasteiger charge is -2.10. The summed E-state index contributed by atoms with van der Waals surface area (Å²) in [4.78, 5) is 0.142. The van der Waals surface area contributed by atoms with Gasteiger partial charge in [-0.2, -0.15) is 5.26 Å². The smallest absolute Gasteiger partial charge is 0.186 e. The molecule has 2 aromatic carbocycles. The Bertz CT molecular complexity index is 793. The second kappa shape index (κ2) is 6.29. The van der Waals surface area contributed by atoms with Crippen LogP contribution in [-0.4, -0.2) is 15.5 Å². The summed E-state index contributed by atoms with van der Waals surface area (Å²) in [5, 5.41) is 8.75. The Balaban J connectivity index is 2.38. The van der Waals surface area contributed by atoms with Crippen molar-refractivity contribution < 1.29 is 13.2 Å². The van der Waals surface area contributed by atoms with Crippen molar-refractivity contribution >= 4 is 25.8 Å². The third kappa shape index (κ3) is 3.63. The van der Waals surface area contributed by atoms with Crippen LogP contribution in [0.5, 0.6) is 5.75 Å². The standard InChI is InChI=1S/C15H12BrNO3S/c1-20-14-7-6-13(16)8-15(14)21(18,19)10-12-4-2-11(9-17)3-5-12/h2-8H,10H2,1H3. The molecule has 21 heavy (non-hydrogen) atoms. The fraction of sp³-hybridized carbons (Fsp3) is 0.133. The molecule has 4 nitrogen and oxygen atoms in total. The highest BCUT2D eigenvalue weighted by atomic mass is 79.9. The van der Waals surface area contributed by atoms with Crippen LogP contribution >= 0.6 is 15.9 Å². The molecule has 0 fully saturated rings. The number of hydrogen-bond donors (Lipinski definition) is 0. The molecule has 2 aromatic rings. The maximum absolute atomic E-state index is 12.5. The molecule has 0 aliphatic rings. The van der Waals surface area contributed by atoms with Gasteiger partial charge < -0.3 is 4.74 Å². The molecule has 0 bridgehead atoms. The van der Waals surface area contributed by atoms with Gasteiger partial charge in [-0.1, -0.05) is 28.1 Å². The van der Waals surface area contributed by atoms with Gasteiger partial charge in [0.2, 0.25) is 0 Å². The molecule has 0 unspecified atom stereocenters. The van der Waals surface area contributed by atoms with E-state index in [1.165, 1.54) is 13.2 Å². The number of rotatable bonds is 4. The Morgan fingerprint density at radius 2 is 1.86 bits per heavy atom. The van der Waals surface area contributed by atoms with E-state index in [9.17, 15) is 8.42 Å². The van der Waals surface area contributed by atoms with Gasteiger partial charge in [0, 0.05) is 4.47 Å². The van der Waals surface area contributed by atoms with Crippen LogP contribution in [0.1, 0.15) is 11.1 Å². The summed E-state index contributed by atoms with van der Waals surface area (Å²) in [5.74, 6) is 0.165. The average Bonchev–Trinajstić information content (AvgIpc) is 2.47. The van der Waals surface area contributed by atoms with Gasteiger partial charge in [0.25, 0.3) is 0 Å². The van der Waals surface area contributed by atoms with Gasteiger partial charge in [0.05, 0.1) is 24.5 Å². The predicted molar refractivity (Wildman–Crippen MR) is 82.7 cm³/mol. The van der Waals surface area contributed by atoms with Gasteiger partial charge in [-0.25, -0.2) is 8.42 Å². The first-order chi connectivity index (χ1) is 9.96. The molecule has 0 aromatic heterocycles. The van der Waals surface area contributed by atoms with Crippen LogP contribution in [0, 0.1) is 11.3 Å². The van der Waals surface area contributed by atoms with E-state index in [1.807, 2.05) is 6.07 Å². The summed E-state index contributed by atoms with van der Waals surface area (Å²) in [6.07, 6.45) is 0. The first-order valence-corrected chi connectivity index (χ1v) is 8.46. The Kier molecular flexibility index (Phi) is 4.66. The zero-order chi connectivity index (χ0) is 15.5. The van der Waals surface area contributed by atoms with Gasteiger partial charge >= 0.3 is 0 Å². The summed E-state index contributed by atoms with van der Waals surface area (Å²) >= 11 is 3.27. The van der Waals surface area contributed by atoms with Crippen molar-refractivity contribution in [1.82, 2.24) is 0 Å². The number of methoxy groups -OCH3 is 1. The normalized spacial score (nSPS) is 10.9. The highest BCUT2D eigenvalue weighted by Crippen LogP contribution is 2.29. The number of benzene rings is 2. The number of hydrogen-bond acceptors (Lipinski definition) is 4. The number of ether oxygens (including phenoxy) is 1. The fourth-order valence-electron chi connectivity index (χ4n) is 1.87. The third-order valence-corrected chi connectivity index (χ3v) is 5.10. The molecule has 0 aliphatic carbocycles. The van der Waals surface area contributed by atoms with E-state index < -0.39 is 9.84 Å². The van der Waals surface area contributed by atoms with Crippen molar-refractivity contribution in [1.29, 1.82) is 5.26 Å². The first kappa shape index (κ1) is 15.5. The van der Waals surface area contributed by atoms with E-state index in [2.05, 4.69) is 15.9 Å². The van der Waals surface area contributed by atoms with Crippen LogP contribution in [0.15, 0.2) is 51.8 Å². The summed E-state index contributed by atoms with van der Waals surface area (Å²) in [6.45, 7) is 0. The third-order valence-electron chi connectivity index (χ3n) is 2.90. The molecule has 0 heterocycles. The predicted octanol–water partition coefficient (Wildman–Crippen LogP) is 3.30. The maximum Gasteiger partial charge on any atom is 0.186 e. The second-order valence-corrected chi connectivity index (χ2v) is 7.24. The number of halogens is 1. The second-order valence-electron chi connectivity index (χ2n) is 4.36. The number of nitriles is 1. The zero-order valence-corrected chi connectivity index (χ0v) is 13.6. The van der Waals surface area contributed by atoms with Gasteiger partial charge in [0.15, 0.2) is 9.84 Å². The first-order valence-electron chi connectivity index (χ1n) is 6.01. The van der Waals surface area contributed by atoms with Gasteiger partial charge in [0.1, 0.15) is 10.6 Å². The molecule has 0 N–H and O–H groups in total. The molecule has 0 atom stereocenters. The monoisotopic (exact) mass is 365 g/mol. The van der Waals surface area contributed by atoms with E-state index in [-0.39, 0.29) is 10.6 Å². The van der Waals surface area contributed by atoms with Crippen molar-refractivity contribution in [3.63, 3.8) is 0 Å². The lowest BCUT2D eigenvalue weighted by molar-refractivity contribution is 0.402. The maximum atomic E-state index is 12.5. The van der Waals surface area contributed by atoms with Crippen molar-refractivity contribution in [3.8, 4) is 11.8 Å². The SMILES string of the molecule is COc1ccc(Br)cc1S(=O)(=O)Cc1ccc(C#N)cc1. The lowest BCUT2D eigenvalue weighted by atomic mass is 10.2. The van der Waals surface area contributed by atoms with Crippen molar-refractivity contribution in [3.05, 3.63) is 58.1 Å². The minimum absolute atomic E-state index is 0.142. The number of nitrogens with zero attached hydrogens (tertiary/aromatic N) is 1. The minimum atomic E-state index is -3.54. The Morgan fingerprint density at radius 1 is 1.19 bits per heavy atom. The summed E-state index contributed by atoms with van der Waals surface area (Å²) in [5.41, 5.74) is 1.12. The highest BCUT2D eigenvalue weighted by Gasteiger charge is 2.20. The molecule has 0 saturated heterocycles. The van der Waals surface area contributed by atoms with Crippen LogP contribution in [0.3, 0.4) is 0 Å². The van der Waals surface area contributed by atoms with E-state index >= 15 is 0 Å². The van der Waals surface area contributed by atoms with Crippen LogP contribution < -0.4 is 4.74 Å². The molecular formula is C15H12BrNO3S. The highest BCUT2D eigenvalue weighted by molar-refractivity contribution is 9.10. The van der Waals surface area contributed by atoms with Gasteiger partial charge in [-0.3, -0.25) is 0 Å². The topological polar surface area (TPSA) is 67.2 Å². The van der Waals surface area contributed by atoms with E-state index in [4.69, 9.17) is 10.00 Å². The van der Waals surface area contributed by atoms with Crippen LogP contribution in [0.4, 0.5) is 0 Å². The van der Waals surface area contributed by atoms with Crippen LogP contribution in [0.2, 0.25) is 0 Å². The lowest BCUT2D eigenvalue weighted by Crippen LogP contribution is -2.07. The van der Waals surface area contributed by atoms with Crippen molar-refractivity contribution in [2.75, 3.05) is 7.11 Å². The minimum Gasteiger partial charge on any atom is -0.495 e. The molecule has 0 saturated carbocycles. The van der Waals surface area contributed by atoms with Crippen LogP contribution in [0.25, 0.3) is 0 Å². The summed E-state index contributed by atoms with van der Waals surface area (Å²) in [6, 6.07) is 13.3. The van der Waals surface area contributed by atoms with E-state index in [0.717, 1.165) is 0 Å². The van der Waals surface area contributed by atoms with Gasteiger partial charge in [-0.05, 0) is 35.9 Å². The quantitative estimate of drug-likeness (QED) is 0.833. The molecule has 0 radical (unpaired) electrons. The van der Waals surface area contributed by atoms with E-state index in [0.29, 0.717) is 21.3 Å². The van der Waals surface area contributed by atoms with Crippen molar-refractivity contribution in [2.45, 2.75) is 10.6 Å². The molecule has 0 aliphatic heterocycles. The number of sulfone groups is 1. The molecule has 108 valence electrons. The molecule has 0 spiro atoms. The average molecular weight is 366 g/mol. The van der Waals surface area contributed by atoms with Crippen molar-refractivity contribution in [2.24, 2.45) is 0 Å². The largest absolute Gasteiger partial charge is 0.495 e. The van der Waals surface area contributed by atoms with Crippen LogP contribution in [-0.2, 0) is 15.6 Å². The summed E-state index contributed by atoms with van der Waals surface area (Å²) in [7, 11) is -2.10. The zero-order valence-electron chi connectivity index (χ0n) is 11.2.